The van der Waals surface area contributed by atoms with E-state index in [9.17, 15) is 22.8 Å². The SMILES string of the molecule is O=C(COC1CCC(C(F)F)NC1)NC1C[C@H](NC(=O)COc2ccc(Cl)c(F)c2)C2CCC12. The maximum absolute atomic E-state index is 13.5. The molecular weight excluding hydrogens is 475 g/mol. The Balaban J connectivity index is 1.18. The lowest BCUT2D eigenvalue weighted by atomic mass is 9.73. The van der Waals surface area contributed by atoms with E-state index in [0.29, 0.717) is 31.7 Å². The van der Waals surface area contributed by atoms with Crippen molar-refractivity contribution in [3.63, 3.8) is 0 Å². The number of fused-ring (bicyclic) bond motifs is 1. The number of benzene rings is 1. The first-order valence-corrected chi connectivity index (χ1v) is 12.0. The molecule has 4 rings (SSSR count). The molecule has 6 atom stereocenters. The van der Waals surface area contributed by atoms with Crippen molar-refractivity contribution in [1.29, 1.82) is 0 Å². The molecule has 11 heteroatoms. The Labute approximate surface area is 201 Å². The van der Waals surface area contributed by atoms with Crippen LogP contribution in [0.1, 0.15) is 32.1 Å². The number of alkyl halides is 2. The van der Waals surface area contributed by atoms with E-state index in [2.05, 4.69) is 16.0 Å². The molecule has 34 heavy (non-hydrogen) atoms. The number of halogens is 4. The number of piperidine rings is 1. The Bertz CT molecular complexity index is 885. The summed E-state index contributed by atoms with van der Waals surface area (Å²) in [5.74, 6) is -0.374. The lowest BCUT2D eigenvalue weighted by Gasteiger charge is -2.36. The van der Waals surface area contributed by atoms with Crippen LogP contribution in [-0.4, -0.2) is 62.2 Å². The Morgan fingerprint density at radius 3 is 2.29 bits per heavy atom. The second-order valence-corrected chi connectivity index (χ2v) is 9.62. The molecule has 5 unspecified atom stereocenters. The zero-order valence-electron chi connectivity index (χ0n) is 18.6. The van der Waals surface area contributed by atoms with Crippen LogP contribution in [0.4, 0.5) is 13.2 Å². The maximum atomic E-state index is 13.5. The molecule has 3 N–H and O–H groups in total. The molecule has 0 spiro atoms. The third-order valence-electron chi connectivity index (χ3n) is 7.04. The molecule has 188 valence electrons. The molecular formula is C23H29ClF3N3O4. The highest BCUT2D eigenvalue weighted by Crippen LogP contribution is 2.47. The first-order chi connectivity index (χ1) is 16.3. The molecule has 2 aliphatic carbocycles. The number of ether oxygens (including phenoxy) is 2. The molecule has 1 aromatic carbocycles. The van der Waals surface area contributed by atoms with E-state index in [1.54, 1.807) is 0 Å². The third-order valence-corrected chi connectivity index (χ3v) is 7.35. The number of nitrogens with one attached hydrogen (secondary N) is 3. The van der Waals surface area contributed by atoms with Gasteiger partial charge in [0.2, 0.25) is 5.91 Å². The fourth-order valence-electron chi connectivity index (χ4n) is 5.12. The molecule has 1 saturated heterocycles. The van der Waals surface area contributed by atoms with Gasteiger partial charge < -0.3 is 25.4 Å². The van der Waals surface area contributed by atoms with E-state index in [-0.39, 0.29) is 59.9 Å². The van der Waals surface area contributed by atoms with Crippen molar-refractivity contribution in [2.24, 2.45) is 11.8 Å². The molecule has 3 fully saturated rings. The van der Waals surface area contributed by atoms with Gasteiger partial charge in [-0.2, -0.15) is 0 Å². The zero-order valence-corrected chi connectivity index (χ0v) is 19.3. The van der Waals surface area contributed by atoms with E-state index < -0.39 is 18.3 Å². The van der Waals surface area contributed by atoms with Crippen LogP contribution in [0, 0.1) is 17.7 Å². The predicted octanol–water partition coefficient (Wildman–Crippen LogP) is 2.66. The fourth-order valence-corrected chi connectivity index (χ4v) is 5.24. The van der Waals surface area contributed by atoms with Gasteiger partial charge in [-0.05, 0) is 56.1 Å². The van der Waals surface area contributed by atoms with Crippen LogP contribution in [0.2, 0.25) is 5.02 Å². The second kappa shape index (κ2) is 11.1. The monoisotopic (exact) mass is 503 g/mol. The van der Waals surface area contributed by atoms with Crippen molar-refractivity contribution in [3.8, 4) is 5.75 Å². The van der Waals surface area contributed by atoms with E-state index in [1.165, 1.54) is 12.1 Å². The summed E-state index contributed by atoms with van der Waals surface area (Å²) in [4.78, 5) is 24.8. The quantitative estimate of drug-likeness (QED) is 0.482. The normalized spacial score (nSPS) is 30.4. The zero-order chi connectivity index (χ0) is 24.2. The Hall–Kier alpha value is -2.04. The highest BCUT2D eigenvalue weighted by Gasteiger charge is 2.49. The van der Waals surface area contributed by atoms with Crippen LogP contribution in [0.25, 0.3) is 0 Å². The topological polar surface area (TPSA) is 88.7 Å². The molecule has 0 bridgehead atoms. The first-order valence-electron chi connectivity index (χ1n) is 11.6. The van der Waals surface area contributed by atoms with Gasteiger partial charge in [0.05, 0.1) is 17.2 Å². The van der Waals surface area contributed by atoms with Gasteiger partial charge in [0.1, 0.15) is 18.2 Å². The minimum atomic E-state index is -2.40. The van der Waals surface area contributed by atoms with Gasteiger partial charge in [-0.3, -0.25) is 9.59 Å². The highest BCUT2D eigenvalue weighted by molar-refractivity contribution is 6.30. The Morgan fingerprint density at radius 2 is 1.74 bits per heavy atom. The summed E-state index contributed by atoms with van der Waals surface area (Å²) in [6.07, 6.45) is 0.704. The van der Waals surface area contributed by atoms with Crippen molar-refractivity contribution in [2.45, 2.75) is 62.8 Å². The molecule has 1 aliphatic heterocycles. The van der Waals surface area contributed by atoms with Gasteiger partial charge in [0, 0.05) is 24.7 Å². The molecule has 7 nitrogen and oxygen atoms in total. The largest absolute Gasteiger partial charge is 0.484 e. The standard InChI is InChI=1S/C23H29ClF3N3O4/c24-16-5-1-12(7-17(16)25)33-10-21(31)29-19-8-20(15-4-3-14(15)19)30-22(32)11-34-13-2-6-18(23(26)27)28-9-13/h1,5,7,13-15,18-20,23,28H,2-4,6,8-11H2,(H,29,31)(H,30,32)/t13?,14?,15?,18?,19-,20?/m0/s1. The van der Waals surface area contributed by atoms with Crippen molar-refractivity contribution in [2.75, 3.05) is 19.8 Å². The smallest absolute Gasteiger partial charge is 0.258 e. The third kappa shape index (κ3) is 6.14. The van der Waals surface area contributed by atoms with Crippen molar-refractivity contribution >= 4 is 23.4 Å². The second-order valence-electron chi connectivity index (χ2n) is 9.21. The van der Waals surface area contributed by atoms with E-state index in [1.807, 2.05) is 0 Å². The summed E-state index contributed by atoms with van der Waals surface area (Å²) in [7, 11) is 0. The summed E-state index contributed by atoms with van der Waals surface area (Å²) in [6.45, 7) is -0.0704. The van der Waals surface area contributed by atoms with Crippen LogP contribution < -0.4 is 20.7 Å². The molecule has 2 amide bonds. The average Bonchev–Trinajstić information content (AvgIpc) is 3.00. The number of amides is 2. The predicted molar refractivity (Wildman–Crippen MR) is 118 cm³/mol. The van der Waals surface area contributed by atoms with Crippen LogP contribution in [-0.2, 0) is 14.3 Å². The lowest BCUT2D eigenvalue weighted by Crippen LogP contribution is -2.48. The van der Waals surface area contributed by atoms with E-state index in [0.717, 1.165) is 18.9 Å². The molecule has 1 aromatic rings. The summed E-state index contributed by atoms with van der Waals surface area (Å²) < 4.78 is 49.9. The summed E-state index contributed by atoms with van der Waals surface area (Å²) >= 11 is 5.64. The number of hydrogen-bond donors (Lipinski definition) is 3. The number of carbonyl (C=O) groups is 2. The van der Waals surface area contributed by atoms with Crippen molar-refractivity contribution in [1.82, 2.24) is 16.0 Å². The molecule has 1 heterocycles. The minimum Gasteiger partial charge on any atom is -0.484 e. The molecule has 2 saturated carbocycles. The Morgan fingerprint density at radius 1 is 1.06 bits per heavy atom. The minimum absolute atomic E-state index is 0.0203. The van der Waals surface area contributed by atoms with Gasteiger partial charge in [-0.15, -0.1) is 0 Å². The molecule has 3 aliphatic rings. The van der Waals surface area contributed by atoms with E-state index >= 15 is 0 Å². The van der Waals surface area contributed by atoms with E-state index in [4.69, 9.17) is 21.1 Å². The highest BCUT2D eigenvalue weighted by atomic mass is 35.5. The van der Waals surface area contributed by atoms with Crippen molar-refractivity contribution in [3.05, 3.63) is 29.0 Å². The van der Waals surface area contributed by atoms with Crippen LogP contribution >= 0.6 is 11.6 Å². The van der Waals surface area contributed by atoms with Gasteiger partial charge >= 0.3 is 0 Å². The van der Waals surface area contributed by atoms with Crippen LogP contribution in [0.3, 0.4) is 0 Å². The maximum Gasteiger partial charge on any atom is 0.258 e. The lowest BCUT2D eigenvalue weighted by molar-refractivity contribution is -0.129. The van der Waals surface area contributed by atoms with Gasteiger partial charge in [-0.1, -0.05) is 11.6 Å². The Kier molecular flexibility index (Phi) is 8.21. The fraction of sp³-hybridized carbons (Fsp3) is 0.652. The summed E-state index contributed by atoms with van der Waals surface area (Å²) in [5, 5.41) is 8.71. The summed E-state index contributed by atoms with van der Waals surface area (Å²) in [6, 6.07) is 3.04. The number of hydrogen-bond acceptors (Lipinski definition) is 5. The van der Waals surface area contributed by atoms with Crippen LogP contribution in [0.15, 0.2) is 18.2 Å². The number of rotatable bonds is 9. The van der Waals surface area contributed by atoms with Gasteiger partial charge in [0.25, 0.3) is 12.3 Å². The summed E-state index contributed by atoms with van der Waals surface area (Å²) in [5.41, 5.74) is 0. The molecule has 0 radical (unpaired) electrons. The van der Waals surface area contributed by atoms with Crippen molar-refractivity contribution < 1.29 is 32.2 Å². The first kappa shape index (κ1) is 25.1. The van der Waals surface area contributed by atoms with Gasteiger partial charge in [-0.25, -0.2) is 13.2 Å². The van der Waals surface area contributed by atoms with Gasteiger partial charge in [0.15, 0.2) is 6.61 Å². The average molecular weight is 504 g/mol. The van der Waals surface area contributed by atoms with Crippen LogP contribution in [0.5, 0.6) is 5.75 Å². The number of carbonyl (C=O) groups excluding carboxylic acids is 2. The molecule has 0 aromatic heterocycles.